The monoisotopic (exact) mass is 560 g/mol. The second kappa shape index (κ2) is 11.2. The van der Waals surface area contributed by atoms with E-state index in [0.717, 1.165) is 50.2 Å². The molecule has 1 heterocycles. The van der Waals surface area contributed by atoms with E-state index in [1.807, 2.05) is 0 Å². The first-order valence-corrected chi connectivity index (χ1v) is 13.5. The maximum absolute atomic E-state index is 14.7. The molecule has 5 rings (SSSR count). The maximum atomic E-state index is 14.7. The van der Waals surface area contributed by atoms with Gasteiger partial charge in [0.2, 0.25) is 5.75 Å². The van der Waals surface area contributed by atoms with Crippen molar-refractivity contribution in [3.05, 3.63) is 59.2 Å². The SMILES string of the molecule is Fc1cc(OC(F)(F)c2ccc(C3CCC(C4CCC(C5CCC5)CO4)CC3)cc2)cc(F)c1OC(F)(F)F. The van der Waals surface area contributed by atoms with Crippen LogP contribution >= 0.6 is 0 Å². The third-order valence-electron chi connectivity index (χ3n) is 8.61. The van der Waals surface area contributed by atoms with Crippen molar-refractivity contribution in [2.24, 2.45) is 17.8 Å². The minimum Gasteiger partial charge on any atom is -0.429 e. The first-order chi connectivity index (χ1) is 18.5. The highest BCUT2D eigenvalue weighted by atomic mass is 19.4. The van der Waals surface area contributed by atoms with Crippen molar-refractivity contribution in [2.75, 3.05) is 6.61 Å². The first kappa shape index (κ1) is 28.1. The molecule has 0 radical (unpaired) electrons. The van der Waals surface area contributed by atoms with E-state index < -0.39 is 41.2 Å². The standard InChI is InChI=1S/C29H31F7O3/c30-24-14-23(15-25(31)27(24)39-29(34,35)36)38-28(32,33)22-11-8-19(9-12-22)18-4-6-20(7-5-18)26-13-10-21(16-37-26)17-2-1-3-17/h8-9,11-12,14-15,17-18,20-21,26H,1-7,10,13,16H2. The van der Waals surface area contributed by atoms with Gasteiger partial charge in [-0.25, -0.2) is 8.78 Å². The van der Waals surface area contributed by atoms with Gasteiger partial charge in [-0.2, -0.15) is 8.78 Å². The Labute approximate surface area is 222 Å². The van der Waals surface area contributed by atoms with E-state index in [4.69, 9.17) is 4.74 Å². The van der Waals surface area contributed by atoms with Crippen LogP contribution in [0.3, 0.4) is 0 Å². The van der Waals surface area contributed by atoms with Crippen molar-refractivity contribution < 1.29 is 44.9 Å². The maximum Gasteiger partial charge on any atom is 0.573 e. The molecule has 0 aromatic heterocycles. The molecule has 1 aliphatic heterocycles. The number of rotatable bonds is 7. The van der Waals surface area contributed by atoms with Gasteiger partial charge >= 0.3 is 12.5 Å². The fourth-order valence-corrected chi connectivity index (χ4v) is 6.24. The van der Waals surface area contributed by atoms with Gasteiger partial charge in [0.15, 0.2) is 11.6 Å². The fraction of sp³-hybridized carbons (Fsp3) is 0.586. The molecule has 3 fully saturated rings. The van der Waals surface area contributed by atoms with E-state index in [2.05, 4.69) is 9.47 Å². The molecule has 0 N–H and O–H groups in total. The van der Waals surface area contributed by atoms with Crippen molar-refractivity contribution >= 4 is 0 Å². The molecule has 3 nitrogen and oxygen atoms in total. The van der Waals surface area contributed by atoms with Gasteiger partial charge in [-0.1, -0.05) is 31.4 Å². The smallest absolute Gasteiger partial charge is 0.429 e. The third-order valence-corrected chi connectivity index (χ3v) is 8.61. The van der Waals surface area contributed by atoms with E-state index in [1.165, 1.54) is 37.8 Å². The zero-order valence-corrected chi connectivity index (χ0v) is 21.3. The fourth-order valence-electron chi connectivity index (χ4n) is 6.24. The number of alkyl halides is 5. The summed E-state index contributed by atoms with van der Waals surface area (Å²) >= 11 is 0. The molecule has 214 valence electrons. The summed E-state index contributed by atoms with van der Waals surface area (Å²) in [7, 11) is 0. The van der Waals surface area contributed by atoms with Crippen LogP contribution in [0.1, 0.15) is 74.8 Å². The van der Waals surface area contributed by atoms with Crippen molar-refractivity contribution in [1.82, 2.24) is 0 Å². The predicted molar refractivity (Wildman–Crippen MR) is 129 cm³/mol. The molecule has 3 aliphatic rings. The largest absolute Gasteiger partial charge is 0.573 e. The van der Waals surface area contributed by atoms with Crippen LogP contribution in [0.4, 0.5) is 30.7 Å². The summed E-state index contributed by atoms with van der Waals surface area (Å²) in [6.07, 6.45) is 1.30. The molecule has 0 spiro atoms. The third kappa shape index (κ3) is 6.64. The molecule has 2 aliphatic carbocycles. The predicted octanol–water partition coefficient (Wildman–Crippen LogP) is 8.86. The lowest BCUT2D eigenvalue weighted by Gasteiger charge is -2.42. The van der Waals surface area contributed by atoms with Crippen LogP contribution in [0.5, 0.6) is 11.5 Å². The van der Waals surface area contributed by atoms with Gasteiger partial charge in [-0.3, -0.25) is 0 Å². The molecule has 10 heteroatoms. The number of hydrogen-bond acceptors (Lipinski definition) is 3. The number of hydrogen-bond donors (Lipinski definition) is 0. The van der Waals surface area contributed by atoms with Gasteiger partial charge in [-0.15, -0.1) is 13.2 Å². The van der Waals surface area contributed by atoms with Crippen molar-refractivity contribution in [3.8, 4) is 11.5 Å². The molecular formula is C29H31F7O3. The average Bonchev–Trinajstić information content (AvgIpc) is 2.85. The summed E-state index contributed by atoms with van der Waals surface area (Å²) < 4.78 is 108. The van der Waals surface area contributed by atoms with Gasteiger partial charge in [0.1, 0.15) is 5.75 Å². The summed E-state index contributed by atoms with van der Waals surface area (Å²) in [5, 5.41) is 0. The molecule has 1 saturated heterocycles. The Bertz CT molecular complexity index is 1090. The highest BCUT2D eigenvalue weighted by Gasteiger charge is 2.38. The Hall–Kier alpha value is -2.49. The zero-order valence-electron chi connectivity index (χ0n) is 21.3. The lowest BCUT2D eigenvalue weighted by molar-refractivity contribution is -0.276. The lowest BCUT2D eigenvalue weighted by Crippen LogP contribution is -2.37. The number of halogens is 7. The zero-order chi connectivity index (χ0) is 27.8. The summed E-state index contributed by atoms with van der Waals surface area (Å²) in [5.41, 5.74) is 0.376. The van der Waals surface area contributed by atoms with Crippen molar-refractivity contribution in [2.45, 2.75) is 82.3 Å². The van der Waals surface area contributed by atoms with Gasteiger partial charge in [0.05, 0.1) is 18.3 Å². The van der Waals surface area contributed by atoms with E-state index >= 15 is 0 Å². The average molecular weight is 561 g/mol. The molecule has 39 heavy (non-hydrogen) atoms. The van der Waals surface area contributed by atoms with Gasteiger partial charge in [-0.05, 0) is 79.9 Å². The Morgan fingerprint density at radius 3 is 1.82 bits per heavy atom. The van der Waals surface area contributed by atoms with E-state index in [-0.39, 0.29) is 18.1 Å². The quantitative estimate of drug-likeness (QED) is 0.317. The van der Waals surface area contributed by atoms with Crippen LogP contribution < -0.4 is 9.47 Å². The number of ether oxygens (including phenoxy) is 3. The Morgan fingerprint density at radius 1 is 0.692 bits per heavy atom. The van der Waals surface area contributed by atoms with Crippen LogP contribution in [0.15, 0.2) is 36.4 Å². The van der Waals surface area contributed by atoms with Gasteiger partial charge in [0, 0.05) is 12.1 Å². The summed E-state index contributed by atoms with van der Waals surface area (Å²) in [5.74, 6) is -4.03. The molecular weight excluding hydrogens is 529 g/mol. The van der Waals surface area contributed by atoms with Gasteiger partial charge < -0.3 is 14.2 Å². The molecule has 2 aromatic rings. The van der Waals surface area contributed by atoms with E-state index in [9.17, 15) is 30.7 Å². The molecule has 2 unspecified atom stereocenters. The first-order valence-electron chi connectivity index (χ1n) is 13.5. The highest BCUT2D eigenvalue weighted by Crippen LogP contribution is 2.44. The number of benzene rings is 2. The summed E-state index contributed by atoms with van der Waals surface area (Å²) in [6.45, 7) is 0.873. The summed E-state index contributed by atoms with van der Waals surface area (Å²) in [6, 6.07) is 6.02. The molecule has 0 amide bonds. The van der Waals surface area contributed by atoms with Crippen LogP contribution in [0.25, 0.3) is 0 Å². The van der Waals surface area contributed by atoms with Crippen LogP contribution in [-0.4, -0.2) is 19.1 Å². The second-order valence-electron chi connectivity index (χ2n) is 11.0. The minimum atomic E-state index is -5.35. The van der Waals surface area contributed by atoms with Crippen molar-refractivity contribution in [3.63, 3.8) is 0 Å². The summed E-state index contributed by atoms with van der Waals surface area (Å²) in [4.78, 5) is 0. The topological polar surface area (TPSA) is 27.7 Å². The lowest BCUT2D eigenvalue weighted by atomic mass is 9.71. The minimum absolute atomic E-state index is 0.217. The molecule has 2 aromatic carbocycles. The highest BCUT2D eigenvalue weighted by molar-refractivity contribution is 5.36. The Morgan fingerprint density at radius 2 is 1.31 bits per heavy atom. The molecule has 2 atom stereocenters. The van der Waals surface area contributed by atoms with E-state index in [1.54, 1.807) is 12.1 Å². The Balaban J connectivity index is 1.15. The Kier molecular flexibility index (Phi) is 8.04. The van der Waals surface area contributed by atoms with E-state index in [0.29, 0.717) is 17.9 Å². The molecule has 2 saturated carbocycles. The van der Waals surface area contributed by atoms with Crippen LogP contribution in [-0.2, 0) is 10.8 Å². The van der Waals surface area contributed by atoms with Crippen LogP contribution in [0, 0.1) is 29.4 Å². The van der Waals surface area contributed by atoms with Crippen LogP contribution in [0.2, 0.25) is 0 Å². The van der Waals surface area contributed by atoms with Gasteiger partial charge in [0.25, 0.3) is 0 Å². The molecule has 0 bridgehead atoms. The van der Waals surface area contributed by atoms with Crippen molar-refractivity contribution in [1.29, 1.82) is 0 Å². The second-order valence-corrected chi connectivity index (χ2v) is 11.0. The normalized spacial score (nSPS) is 26.6.